The molecule has 7 heteroatoms. The number of benzene rings is 1. The summed E-state index contributed by atoms with van der Waals surface area (Å²) in [6.45, 7) is 8.82. The smallest absolute Gasteiger partial charge is 0.165 e. The van der Waals surface area contributed by atoms with E-state index in [1.54, 1.807) is 14.2 Å². The fourth-order valence-corrected chi connectivity index (χ4v) is 4.41. The summed E-state index contributed by atoms with van der Waals surface area (Å²) in [6.07, 6.45) is 3.25. The molecule has 1 aromatic carbocycles. The summed E-state index contributed by atoms with van der Waals surface area (Å²) in [7, 11) is 3.45. The van der Waals surface area contributed by atoms with Crippen LogP contribution in [0.3, 0.4) is 0 Å². The van der Waals surface area contributed by atoms with Crippen molar-refractivity contribution in [2.75, 3.05) is 38.8 Å². The minimum absolute atomic E-state index is 0. The average Bonchev–Trinajstić information content (AvgIpc) is 3.31. The fourth-order valence-electron chi connectivity index (χ4n) is 4.41. The first kappa shape index (κ1) is 22.4. The lowest BCUT2D eigenvalue weighted by molar-refractivity contribution is 0.205. The fraction of sp³-hybridized carbons (Fsp3) is 0.478. The molecule has 2 heterocycles. The Morgan fingerprint density at radius 3 is 2.63 bits per heavy atom. The van der Waals surface area contributed by atoms with Gasteiger partial charge in [-0.25, -0.2) is 4.98 Å². The van der Waals surface area contributed by atoms with Gasteiger partial charge < -0.3 is 14.4 Å². The van der Waals surface area contributed by atoms with E-state index in [1.807, 2.05) is 6.07 Å². The van der Waals surface area contributed by atoms with Crippen LogP contribution < -0.4 is 9.64 Å². The quantitative estimate of drug-likeness (QED) is 0.555. The summed E-state index contributed by atoms with van der Waals surface area (Å²) in [5.74, 6) is 2.05. The number of aryl methyl sites for hydroxylation is 3. The van der Waals surface area contributed by atoms with Crippen molar-refractivity contribution in [2.45, 2.75) is 40.0 Å². The van der Waals surface area contributed by atoms with E-state index < -0.39 is 0 Å². The molecule has 0 spiro atoms. The van der Waals surface area contributed by atoms with Crippen LogP contribution in [0.2, 0.25) is 0 Å². The molecule has 0 amide bonds. The molecule has 4 rings (SSSR count). The lowest BCUT2D eigenvalue weighted by atomic mass is 10.0. The molecule has 0 bridgehead atoms. The van der Waals surface area contributed by atoms with Crippen LogP contribution in [-0.4, -0.2) is 48.5 Å². The van der Waals surface area contributed by atoms with Gasteiger partial charge in [-0.05, 0) is 63.3 Å². The highest BCUT2D eigenvalue weighted by Crippen LogP contribution is 2.37. The van der Waals surface area contributed by atoms with Gasteiger partial charge in [0, 0.05) is 37.0 Å². The molecular formula is C23H31ClN4O2. The lowest BCUT2D eigenvalue weighted by Crippen LogP contribution is -2.30. The zero-order valence-corrected chi connectivity index (χ0v) is 19.3. The Balaban J connectivity index is 0.00000256. The van der Waals surface area contributed by atoms with Gasteiger partial charge >= 0.3 is 0 Å². The number of rotatable bonds is 7. The first-order chi connectivity index (χ1) is 14.1. The highest BCUT2D eigenvalue weighted by Gasteiger charge is 2.27. The van der Waals surface area contributed by atoms with Gasteiger partial charge in [-0.2, -0.15) is 9.61 Å². The number of likely N-dealkylation sites (N-methyl/N-ethyl adjacent to an activating group) is 1. The highest BCUT2D eigenvalue weighted by atomic mass is 35.5. The van der Waals surface area contributed by atoms with Crippen LogP contribution in [0.1, 0.15) is 35.9 Å². The maximum Gasteiger partial charge on any atom is 0.165 e. The molecule has 162 valence electrons. The van der Waals surface area contributed by atoms with Crippen molar-refractivity contribution in [3.8, 4) is 16.9 Å². The predicted molar refractivity (Wildman–Crippen MR) is 123 cm³/mol. The molecule has 2 aromatic heterocycles. The molecule has 0 aliphatic heterocycles. The third kappa shape index (κ3) is 3.74. The summed E-state index contributed by atoms with van der Waals surface area (Å²) < 4.78 is 12.8. The normalized spacial score (nSPS) is 12.7. The molecular weight excluding hydrogens is 400 g/mol. The number of hydrogen-bond donors (Lipinski definition) is 0. The Morgan fingerprint density at radius 1 is 1.17 bits per heavy atom. The van der Waals surface area contributed by atoms with E-state index in [1.165, 1.54) is 17.1 Å². The molecule has 0 saturated heterocycles. The SMILES string of the molecule is CCN(CCOC)c1c2c(nc3c(-c4ccc(OC)cc4C)c(C)nn13)CCC2.Cl. The van der Waals surface area contributed by atoms with E-state index in [0.717, 1.165) is 66.1 Å². The minimum Gasteiger partial charge on any atom is -0.497 e. The van der Waals surface area contributed by atoms with Crippen LogP contribution in [0.15, 0.2) is 18.2 Å². The van der Waals surface area contributed by atoms with E-state index in [-0.39, 0.29) is 12.4 Å². The second kappa shape index (κ2) is 9.23. The molecule has 1 aliphatic carbocycles. The van der Waals surface area contributed by atoms with Crippen molar-refractivity contribution < 1.29 is 9.47 Å². The Kier molecular flexibility index (Phi) is 6.88. The minimum atomic E-state index is 0. The monoisotopic (exact) mass is 430 g/mol. The molecule has 30 heavy (non-hydrogen) atoms. The Morgan fingerprint density at radius 2 is 1.97 bits per heavy atom. The summed E-state index contributed by atoms with van der Waals surface area (Å²) in [5.41, 5.74) is 7.95. The van der Waals surface area contributed by atoms with Gasteiger partial charge in [0.15, 0.2) is 5.65 Å². The van der Waals surface area contributed by atoms with Crippen molar-refractivity contribution in [3.05, 3.63) is 40.7 Å². The molecule has 0 N–H and O–H groups in total. The third-order valence-corrected chi connectivity index (χ3v) is 5.89. The molecule has 3 aromatic rings. The standard InChI is InChI=1S/C23H30N4O2.ClH/c1-6-26(12-13-28-4)23-19-8-7-9-20(19)24-22-21(16(3)25-27(22)23)18-11-10-17(29-5)14-15(18)2;/h10-11,14H,6-9,12-13H2,1-5H3;1H. The van der Waals surface area contributed by atoms with E-state index in [0.29, 0.717) is 6.61 Å². The van der Waals surface area contributed by atoms with Crippen LogP contribution >= 0.6 is 12.4 Å². The molecule has 0 saturated carbocycles. The van der Waals surface area contributed by atoms with E-state index >= 15 is 0 Å². The summed E-state index contributed by atoms with van der Waals surface area (Å²) >= 11 is 0. The van der Waals surface area contributed by atoms with Crippen molar-refractivity contribution in [1.29, 1.82) is 0 Å². The Labute approximate surface area is 184 Å². The Bertz CT molecular complexity index is 1050. The van der Waals surface area contributed by atoms with Gasteiger partial charge in [0.2, 0.25) is 0 Å². The first-order valence-electron chi connectivity index (χ1n) is 10.4. The molecule has 6 nitrogen and oxygen atoms in total. The number of halogens is 1. The topological polar surface area (TPSA) is 51.9 Å². The van der Waals surface area contributed by atoms with Crippen LogP contribution in [0.25, 0.3) is 16.8 Å². The molecule has 0 fully saturated rings. The third-order valence-electron chi connectivity index (χ3n) is 5.89. The van der Waals surface area contributed by atoms with Crippen LogP contribution in [-0.2, 0) is 17.6 Å². The van der Waals surface area contributed by atoms with Gasteiger partial charge in [-0.15, -0.1) is 12.4 Å². The second-order valence-corrected chi connectivity index (χ2v) is 7.66. The number of methoxy groups -OCH3 is 2. The van der Waals surface area contributed by atoms with Crippen LogP contribution in [0.4, 0.5) is 5.82 Å². The molecule has 1 aliphatic rings. The number of nitrogens with zero attached hydrogens (tertiary/aromatic N) is 4. The Hall–Kier alpha value is -2.31. The zero-order valence-electron chi connectivity index (χ0n) is 18.5. The summed E-state index contributed by atoms with van der Waals surface area (Å²) in [6, 6.07) is 6.20. The number of aromatic nitrogens is 3. The van der Waals surface area contributed by atoms with Crippen molar-refractivity contribution in [1.82, 2.24) is 14.6 Å². The van der Waals surface area contributed by atoms with Crippen molar-refractivity contribution in [2.24, 2.45) is 0 Å². The second-order valence-electron chi connectivity index (χ2n) is 7.66. The number of fused-ring (bicyclic) bond motifs is 2. The average molecular weight is 431 g/mol. The van der Waals surface area contributed by atoms with Crippen molar-refractivity contribution in [3.63, 3.8) is 0 Å². The van der Waals surface area contributed by atoms with Crippen LogP contribution in [0, 0.1) is 13.8 Å². The predicted octanol–water partition coefficient (Wildman–Crippen LogP) is 4.40. The largest absolute Gasteiger partial charge is 0.497 e. The van der Waals surface area contributed by atoms with Gasteiger partial charge in [0.05, 0.1) is 19.4 Å². The number of ether oxygens (including phenoxy) is 2. The summed E-state index contributed by atoms with van der Waals surface area (Å²) in [4.78, 5) is 7.48. The van der Waals surface area contributed by atoms with E-state index in [9.17, 15) is 0 Å². The molecule has 0 radical (unpaired) electrons. The van der Waals surface area contributed by atoms with Gasteiger partial charge in [0.1, 0.15) is 11.6 Å². The number of anilines is 1. The van der Waals surface area contributed by atoms with E-state index in [4.69, 9.17) is 19.6 Å². The maximum atomic E-state index is 5.39. The molecule has 0 atom stereocenters. The van der Waals surface area contributed by atoms with E-state index in [2.05, 4.69) is 42.3 Å². The van der Waals surface area contributed by atoms with Gasteiger partial charge in [-0.3, -0.25) is 0 Å². The van der Waals surface area contributed by atoms with Gasteiger partial charge in [0.25, 0.3) is 0 Å². The maximum absolute atomic E-state index is 5.39. The van der Waals surface area contributed by atoms with Gasteiger partial charge in [-0.1, -0.05) is 6.07 Å². The molecule has 0 unspecified atom stereocenters. The number of hydrogen-bond acceptors (Lipinski definition) is 5. The summed E-state index contributed by atoms with van der Waals surface area (Å²) in [5, 5.41) is 4.97. The van der Waals surface area contributed by atoms with Crippen molar-refractivity contribution >= 4 is 23.9 Å². The zero-order chi connectivity index (χ0) is 20.5. The highest BCUT2D eigenvalue weighted by molar-refractivity contribution is 5.85. The van der Waals surface area contributed by atoms with Crippen LogP contribution in [0.5, 0.6) is 5.75 Å². The first-order valence-corrected chi connectivity index (χ1v) is 10.4. The lowest BCUT2D eigenvalue weighted by Gasteiger charge is -2.25.